The molecule has 0 aliphatic carbocycles. The van der Waals surface area contributed by atoms with Gasteiger partial charge in [0.15, 0.2) is 0 Å². The summed E-state index contributed by atoms with van der Waals surface area (Å²) in [5, 5.41) is 5.10. The van der Waals surface area contributed by atoms with Crippen LogP contribution in [0.15, 0.2) is 0 Å². The van der Waals surface area contributed by atoms with E-state index in [0.29, 0.717) is 13.0 Å². The van der Waals surface area contributed by atoms with E-state index < -0.39 is 12.1 Å². The average Bonchev–Trinajstić information content (AvgIpc) is 2.09. The van der Waals surface area contributed by atoms with Gasteiger partial charge in [-0.25, -0.2) is 4.79 Å². The predicted molar refractivity (Wildman–Crippen MR) is 41.6 cm³/mol. The van der Waals surface area contributed by atoms with Crippen LogP contribution in [0.25, 0.3) is 0 Å². The number of alkyl carbamates (subject to hydrolysis) is 1. The van der Waals surface area contributed by atoms with Crippen LogP contribution in [0.2, 0.25) is 0 Å². The number of nitrogens with one attached hydrogen (secondary N) is 2. The van der Waals surface area contributed by atoms with Crippen LogP contribution >= 0.6 is 0 Å². The molecule has 1 rings (SSSR count). The Kier molecular flexibility index (Phi) is 2.90. The normalized spacial score (nSPS) is 22.8. The molecule has 0 unspecified atom stereocenters. The maximum absolute atomic E-state index is 11.1. The molecule has 68 valence electrons. The van der Waals surface area contributed by atoms with Crippen LogP contribution in [0.5, 0.6) is 0 Å². The van der Waals surface area contributed by atoms with Gasteiger partial charge in [-0.15, -0.1) is 0 Å². The van der Waals surface area contributed by atoms with E-state index in [-0.39, 0.29) is 5.91 Å². The van der Waals surface area contributed by atoms with Crippen molar-refractivity contribution in [3.8, 4) is 0 Å². The summed E-state index contributed by atoms with van der Waals surface area (Å²) in [4.78, 5) is 21.8. The lowest BCUT2D eigenvalue weighted by atomic mass is 10.1. The van der Waals surface area contributed by atoms with E-state index in [1.807, 2.05) is 0 Å². The van der Waals surface area contributed by atoms with Gasteiger partial charge in [-0.3, -0.25) is 4.79 Å². The summed E-state index contributed by atoms with van der Waals surface area (Å²) < 4.78 is 4.37. The third-order valence-electron chi connectivity index (χ3n) is 1.76. The fourth-order valence-corrected chi connectivity index (χ4v) is 1.11. The molecule has 0 bridgehead atoms. The molecular formula is C7H12N2O3. The standard InChI is InChI=1S/C7H12N2O3/c1-12-7(11)9-5-3-2-4-8-6(5)10/h5H,2-4H2,1H3,(H,8,10)(H,9,11)/t5-/m0/s1. The SMILES string of the molecule is COC(=O)N[C@H]1CCCNC1=O. The fourth-order valence-electron chi connectivity index (χ4n) is 1.11. The zero-order chi connectivity index (χ0) is 8.97. The summed E-state index contributed by atoms with van der Waals surface area (Å²) in [5.41, 5.74) is 0. The molecule has 1 atom stereocenters. The van der Waals surface area contributed by atoms with Crippen molar-refractivity contribution in [2.24, 2.45) is 0 Å². The zero-order valence-electron chi connectivity index (χ0n) is 6.92. The number of hydrogen-bond acceptors (Lipinski definition) is 3. The first-order chi connectivity index (χ1) is 5.74. The quantitative estimate of drug-likeness (QED) is 0.566. The van der Waals surface area contributed by atoms with Gasteiger partial charge >= 0.3 is 6.09 Å². The molecule has 0 saturated carbocycles. The van der Waals surface area contributed by atoms with E-state index in [1.165, 1.54) is 7.11 Å². The molecule has 5 heteroatoms. The maximum Gasteiger partial charge on any atom is 0.407 e. The summed E-state index contributed by atoms with van der Waals surface area (Å²) in [6.45, 7) is 0.693. The first-order valence-corrected chi connectivity index (χ1v) is 3.86. The molecule has 0 aromatic rings. The molecule has 1 aliphatic heterocycles. The van der Waals surface area contributed by atoms with Gasteiger partial charge in [-0.1, -0.05) is 0 Å². The van der Waals surface area contributed by atoms with Gasteiger partial charge in [0.1, 0.15) is 6.04 Å². The topological polar surface area (TPSA) is 67.4 Å². The Morgan fingerprint density at radius 1 is 1.75 bits per heavy atom. The average molecular weight is 172 g/mol. The van der Waals surface area contributed by atoms with Crippen LogP contribution in [0, 0.1) is 0 Å². The number of ether oxygens (including phenoxy) is 1. The van der Waals surface area contributed by atoms with Crippen LogP contribution in [-0.2, 0) is 9.53 Å². The summed E-state index contributed by atoms with van der Waals surface area (Å²) in [6, 6.07) is -0.425. The minimum Gasteiger partial charge on any atom is -0.453 e. The van der Waals surface area contributed by atoms with Crippen molar-refractivity contribution in [3.05, 3.63) is 0 Å². The highest BCUT2D eigenvalue weighted by Crippen LogP contribution is 2.02. The predicted octanol–water partition coefficient (Wildman–Crippen LogP) is -0.379. The lowest BCUT2D eigenvalue weighted by molar-refractivity contribution is -0.124. The van der Waals surface area contributed by atoms with E-state index >= 15 is 0 Å². The molecule has 0 radical (unpaired) electrons. The van der Waals surface area contributed by atoms with E-state index in [0.717, 1.165) is 6.42 Å². The lowest BCUT2D eigenvalue weighted by Crippen LogP contribution is -2.50. The van der Waals surface area contributed by atoms with Crippen LogP contribution in [0.3, 0.4) is 0 Å². The zero-order valence-corrected chi connectivity index (χ0v) is 6.92. The summed E-state index contributed by atoms with van der Waals surface area (Å²) in [7, 11) is 1.27. The second-order valence-corrected chi connectivity index (χ2v) is 2.62. The summed E-state index contributed by atoms with van der Waals surface area (Å²) >= 11 is 0. The van der Waals surface area contributed by atoms with Gasteiger partial charge in [-0.2, -0.15) is 0 Å². The first-order valence-electron chi connectivity index (χ1n) is 3.86. The van der Waals surface area contributed by atoms with Gasteiger partial charge in [0, 0.05) is 6.54 Å². The van der Waals surface area contributed by atoms with E-state index in [4.69, 9.17) is 0 Å². The van der Waals surface area contributed by atoms with E-state index in [1.54, 1.807) is 0 Å². The smallest absolute Gasteiger partial charge is 0.407 e. The molecule has 5 nitrogen and oxygen atoms in total. The molecule has 0 aromatic carbocycles. The van der Waals surface area contributed by atoms with Crippen molar-refractivity contribution in [1.29, 1.82) is 0 Å². The van der Waals surface area contributed by atoms with Gasteiger partial charge < -0.3 is 15.4 Å². The second kappa shape index (κ2) is 3.94. The van der Waals surface area contributed by atoms with E-state index in [2.05, 4.69) is 15.4 Å². The van der Waals surface area contributed by atoms with E-state index in [9.17, 15) is 9.59 Å². The molecule has 0 spiro atoms. The van der Waals surface area contributed by atoms with Crippen molar-refractivity contribution in [2.45, 2.75) is 18.9 Å². The minimum atomic E-state index is -0.558. The highest BCUT2D eigenvalue weighted by atomic mass is 16.5. The van der Waals surface area contributed by atoms with Crippen molar-refractivity contribution in [3.63, 3.8) is 0 Å². The molecule has 1 fully saturated rings. The van der Waals surface area contributed by atoms with Gasteiger partial charge in [0.25, 0.3) is 0 Å². The molecule has 1 saturated heterocycles. The first kappa shape index (κ1) is 8.83. The number of piperidine rings is 1. The molecular weight excluding hydrogens is 160 g/mol. The van der Waals surface area contributed by atoms with Gasteiger partial charge in [0.2, 0.25) is 5.91 Å². The number of methoxy groups -OCH3 is 1. The summed E-state index contributed by atoms with van der Waals surface area (Å²) in [6.07, 6.45) is 1.01. The third-order valence-corrected chi connectivity index (χ3v) is 1.76. The Morgan fingerprint density at radius 2 is 2.50 bits per heavy atom. The molecule has 12 heavy (non-hydrogen) atoms. The highest BCUT2D eigenvalue weighted by molar-refractivity contribution is 5.86. The second-order valence-electron chi connectivity index (χ2n) is 2.62. The van der Waals surface area contributed by atoms with Gasteiger partial charge in [0.05, 0.1) is 7.11 Å². The van der Waals surface area contributed by atoms with Gasteiger partial charge in [-0.05, 0) is 12.8 Å². The Balaban J connectivity index is 2.39. The molecule has 2 N–H and O–H groups in total. The van der Waals surface area contributed by atoms with Crippen LogP contribution in [0.1, 0.15) is 12.8 Å². The Hall–Kier alpha value is -1.26. The number of carbonyl (C=O) groups is 2. The number of carbonyl (C=O) groups excluding carboxylic acids is 2. The number of rotatable bonds is 1. The number of amides is 2. The van der Waals surface area contributed by atoms with Crippen LogP contribution < -0.4 is 10.6 Å². The fraction of sp³-hybridized carbons (Fsp3) is 0.714. The minimum absolute atomic E-state index is 0.133. The Bertz CT molecular complexity index is 193. The van der Waals surface area contributed by atoms with Crippen molar-refractivity contribution in [1.82, 2.24) is 10.6 Å². The highest BCUT2D eigenvalue weighted by Gasteiger charge is 2.23. The molecule has 2 amide bonds. The van der Waals surface area contributed by atoms with Crippen molar-refractivity contribution in [2.75, 3.05) is 13.7 Å². The van der Waals surface area contributed by atoms with Crippen LogP contribution in [0.4, 0.5) is 4.79 Å². The largest absolute Gasteiger partial charge is 0.453 e. The van der Waals surface area contributed by atoms with Crippen molar-refractivity contribution >= 4 is 12.0 Å². The lowest BCUT2D eigenvalue weighted by Gasteiger charge is -2.21. The molecule has 1 heterocycles. The Morgan fingerprint density at radius 3 is 3.08 bits per heavy atom. The van der Waals surface area contributed by atoms with Crippen LogP contribution in [-0.4, -0.2) is 31.7 Å². The molecule has 0 aromatic heterocycles. The monoisotopic (exact) mass is 172 g/mol. The summed E-state index contributed by atoms with van der Waals surface area (Å²) in [5.74, 6) is -0.133. The van der Waals surface area contributed by atoms with Crippen molar-refractivity contribution < 1.29 is 14.3 Å². The number of hydrogen-bond donors (Lipinski definition) is 2. The third kappa shape index (κ3) is 2.11. The molecule has 1 aliphatic rings. The maximum atomic E-state index is 11.1. The Labute approximate surface area is 70.5 Å².